The number of hydrogen-bond acceptors (Lipinski definition) is 4. The first-order valence-electron chi connectivity index (χ1n) is 9.30. The Balaban J connectivity index is 1.56. The van der Waals surface area contributed by atoms with Crippen molar-refractivity contribution >= 4 is 5.91 Å². The molecular weight excluding hydrogens is 328 g/mol. The van der Waals surface area contributed by atoms with Gasteiger partial charge in [0.2, 0.25) is 0 Å². The summed E-state index contributed by atoms with van der Waals surface area (Å²) < 4.78 is 11.8. The number of nitrogens with zero attached hydrogens (tertiary/aromatic N) is 2. The fraction of sp³-hybridized carbons (Fsp3) is 0.429. The van der Waals surface area contributed by atoms with E-state index in [1.807, 2.05) is 4.90 Å². The molecule has 2 aromatic rings. The number of carbonyl (C=O) groups excluding carboxylic acids is 1. The van der Waals surface area contributed by atoms with Crippen LogP contribution in [0.3, 0.4) is 0 Å². The Morgan fingerprint density at radius 2 is 1.85 bits per heavy atom. The van der Waals surface area contributed by atoms with Crippen LogP contribution in [0, 0.1) is 0 Å². The lowest BCUT2D eigenvalue weighted by molar-refractivity contribution is 0.0734. The summed E-state index contributed by atoms with van der Waals surface area (Å²) in [7, 11) is 1.69. The van der Waals surface area contributed by atoms with Gasteiger partial charge in [0.15, 0.2) is 11.5 Å². The highest BCUT2D eigenvalue weighted by Gasteiger charge is 2.25. The minimum absolute atomic E-state index is 0.0483. The maximum atomic E-state index is 12.7. The molecule has 2 heterocycles. The standard InChI is InChI=1S/C21H24N2O3/c1-25-19-12-16-8-11-23(21(24)15-6-9-22-10-7-15)14-17(16)13-20(19)26-18-4-2-3-5-18/h6-7,9-10,12-13,18H,2-5,8,11,14H2,1H3. The number of carbonyl (C=O) groups is 1. The van der Waals surface area contributed by atoms with Crippen molar-refractivity contribution in [2.45, 2.75) is 44.8 Å². The number of methoxy groups -OCH3 is 1. The Labute approximate surface area is 153 Å². The normalized spacial score (nSPS) is 17.0. The summed E-state index contributed by atoms with van der Waals surface area (Å²) in [5, 5.41) is 0. The first-order chi connectivity index (χ1) is 12.7. The van der Waals surface area contributed by atoms with Gasteiger partial charge in [0.1, 0.15) is 0 Å². The van der Waals surface area contributed by atoms with Crippen LogP contribution in [0.15, 0.2) is 36.7 Å². The number of benzene rings is 1. The van der Waals surface area contributed by atoms with Gasteiger partial charge in [-0.25, -0.2) is 0 Å². The lowest BCUT2D eigenvalue weighted by atomic mass is 9.98. The molecule has 0 spiro atoms. The maximum absolute atomic E-state index is 12.7. The molecule has 0 N–H and O–H groups in total. The van der Waals surface area contributed by atoms with Crippen molar-refractivity contribution in [3.8, 4) is 11.5 Å². The van der Waals surface area contributed by atoms with E-state index in [-0.39, 0.29) is 12.0 Å². The van der Waals surface area contributed by atoms with Crippen molar-refractivity contribution in [1.82, 2.24) is 9.88 Å². The van der Waals surface area contributed by atoms with Gasteiger partial charge in [-0.1, -0.05) is 0 Å². The fourth-order valence-electron chi connectivity index (χ4n) is 3.85. The van der Waals surface area contributed by atoms with Crippen LogP contribution in [0.4, 0.5) is 0 Å². The molecule has 1 fully saturated rings. The third kappa shape index (κ3) is 3.39. The topological polar surface area (TPSA) is 51.7 Å². The van der Waals surface area contributed by atoms with Gasteiger partial charge in [0.25, 0.3) is 5.91 Å². The number of hydrogen-bond donors (Lipinski definition) is 0. The van der Waals surface area contributed by atoms with Gasteiger partial charge in [0, 0.05) is 31.0 Å². The van der Waals surface area contributed by atoms with Crippen LogP contribution in [-0.4, -0.2) is 35.5 Å². The average molecular weight is 352 g/mol. The summed E-state index contributed by atoms with van der Waals surface area (Å²) >= 11 is 0. The van der Waals surface area contributed by atoms with Crippen LogP contribution >= 0.6 is 0 Å². The third-order valence-corrected chi connectivity index (χ3v) is 5.31. The second-order valence-corrected chi connectivity index (χ2v) is 7.01. The number of ether oxygens (including phenoxy) is 2. The van der Waals surface area contributed by atoms with Gasteiger partial charge < -0.3 is 14.4 Å². The Morgan fingerprint density at radius 1 is 1.12 bits per heavy atom. The van der Waals surface area contributed by atoms with Gasteiger partial charge in [0.05, 0.1) is 13.2 Å². The Hall–Kier alpha value is -2.56. The first kappa shape index (κ1) is 16.9. The molecule has 26 heavy (non-hydrogen) atoms. The SMILES string of the molecule is COc1cc2c(cc1OC1CCCC1)CN(C(=O)c1ccncc1)CC2. The molecule has 1 aliphatic carbocycles. The molecule has 136 valence electrons. The third-order valence-electron chi connectivity index (χ3n) is 5.31. The van der Waals surface area contributed by atoms with Crippen molar-refractivity contribution < 1.29 is 14.3 Å². The number of pyridine rings is 1. The molecule has 0 unspecified atom stereocenters. The van der Waals surface area contributed by atoms with Gasteiger partial charge >= 0.3 is 0 Å². The summed E-state index contributed by atoms with van der Waals surface area (Å²) in [5.41, 5.74) is 3.06. The molecular formula is C21H24N2O3. The van der Waals surface area contributed by atoms with E-state index in [0.29, 0.717) is 18.7 Å². The highest BCUT2D eigenvalue weighted by atomic mass is 16.5. The summed E-state index contributed by atoms with van der Waals surface area (Å²) in [6.07, 6.45) is 9.08. The Kier molecular flexibility index (Phi) is 4.78. The molecule has 1 aromatic carbocycles. The minimum Gasteiger partial charge on any atom is -0.493 e. The maximum Gasteiger partial charge on any atom is 0.254 e. The van der Waals surface area contributed by atoms with Crippen LogP contribution in [0.5, 0.6) is 11.5 Å². The molecule has 0 bridgehead atoms. The first-order valence-corrected chi connectivity index (χ1v) is 9.30. The van der Waals surface area contributed by atoms with Crippen molar-refractivity contribution in [3.05, 3.63) is 53.3 Å². The lowest BCUT2D eigenvalue weighted by Crippen LogP contribution is -2.36. The Bertz CT molecular complexity index is 785. The molecule has 1 amide bonds. The monoisotopic (exact) mass is 352 g/mol. The van der Waals surface area contributed by atoms with Crippen LogP contribution in [0.2, 0.25) is 0 Å². The summed E-state index contributed by atoms with van der Waals surface area (Å²) in [6.45, 7) is 1.31. The van der Waals surface area contributed by atoms with Crippen LogP contribution in [0.1, 0.15) is 47.2 Å². The van der Waals surface area contributed by atoms with E-state index in [1.54, 1.807) is 31.6 Å². The zero-order valence-corrected chi connectivity index (χ0v) is 15.1. The van der Waals surface area contributed by atoms with Crippen molar-refractivity contribution in [3.63, 3.8) is 0 Å². The van der Waals surface area contributed by atoms with Crippen LogP contribution in [0.25, 0.3) is 0 Å². The van der Waals surface area contributed by atoms with Crippen LogP contribution in [-0.2, 0) is 13.0 Å². The number of rotatable bonds is 4. The smallest absolute Gasteiger partial charge is 0.254 e. The second kappa shape index (κ2) is 7.36. The molecule has 1 aliphatic heterocycles. The quantitative estimate of drug-likeness (QED) is 0.843. The molecule has 4 rings (SSSR count). The van der Waals surface area contributed by atoms with Gasteiger partial charge in [-0.3, -0.25) is 9.78 Å². The molecule has 0 radical (unpaired) electrons. The molecule has 2 aliphatic rings. The highest BCUT2D eigenvalue weighted by Crippen LogP contribution is 2.36. The van der Waals surface area contributed by atoms with E-state index < -0.39 is 0 Å². The molecule has 1 saturated carbocycles. The van der Waals surface area contributed by atoms with E-state index in [9.17, 15) is 4.79 Å². The van der Waals surface area contributed by atoms with E-state index >= 15 is 0 Å². The lowest BCUT2D eigenvalue weighted by Gasteiger charge is -2.30. The highest BCUT2D eigenvalue weighted by molar-refractivity contribution is 5.94. The van der Waals surface area contributed by atoms with E-state index in [4.69, 9.17) is 9.47 Å². The van der Waals surface area contributed by atoms with E-state index in [2.05, 4.69) is 17.1 Å². The molecule has 0 saturated heterocycles. The Morgan fingerprint density at radius 3 is 2.58 bits per heavy atom. The summed E-state index contributed by atoms with van der Waals surface area (Å²) in [6, 6.07) is 7.67. The molecule has 0 atom stereocenters. The molecule has 1 aromatic heterocycles. The summed E-state index contributed by atoms with van der Waals surface area (Å²) in [4.78, 5) is 18.6. The number of fused-ring (bicyclic) bond motifs is 1. The predicted molar refractivity (Wildman–Crippen MR) is 98.6 cm³/mol. The van der Waals surface area contributed by atoms with E-state index in [0.717, 1.165) is 36.3 Å². The van der Waals surface area contributed by atoms with Crippen molar-refractivity contribution in [2.75, 3.05) is 13.7 Å². The average Bonchev–Trinajstić information content (AvgIpc) is 3.20. The van der Waals surface area contributed by atoms with Gasteiger partial charge in [-0.15, -0.1) is 0 Å². The number of amides is 1. The molecule has 5 heteroatoms. The summed E-state index contributed by atoms with van der Waals surface area (Å²) in [5.74, 6) is 1.65. The zero-order valence-electron chi connectivity index (χ0n) is 15.1. The number of aromatic nitrogens is 1. The van der Waals surface area contributed by atoms with E-state index in [1.165, 1.54) is 18.4 Å². The van der Waals surface area contributed by atoms with Crippen molar-refractivity contribution in [2.24, 2.45) is 0 Å². The predicted octanol–water partition coefficient (Wildman–Crippen LogP) is 3.61. The van der Waals surface area contributed by atoms with Crippen molar-refractivity contribution in [1.29, 1.82) is 0 Å². The van der Waals surface area contributed by atoms with Crippen LogP contribution < -0.4 is 9.47 Å². The largest absolute Gasteiger partial charge is 0.493 e. The molecule has 5 nitrogen and oxygen atoms in total. The zero-order chi connectivity index (χ0) is 17.9. The fourth-order valence-corrected chi connectivity index (χ4v) is 3.85. The second-order valence-electron chi connectivity index (χ2n) is 7.01. The van der Waals surface area contributed by atoms with Gasteiger partial charge in [-0.2, -0.15) is 0 Å². The minimum atomic E-state index is 0.0483. The van der Waals surface area contributed by atoms with Gasteiger partial charge in [-0.05, 0) is 67.5 Å².